The van der Waals surface area contributed by atoms with E-state index in [4.69, 9.17) is 11.6 Å². The maximum atomic E-state index is 12.2. The molecule has 0 aliphatic heterocycles. The van der Waals surface area contributed by atoms with Crippen LogP contribution in [-0.2, 0) is 10.0 Å². The van der Waals surface area contributed by atoms with E-state index in [1.807, 2.05) is 6.92 Å². The van der Waals surface area contributed by atoms with Crippen molar-refractivity contribution in [3.8, 4) is 0 Å². The fourth-order valence-electron chi connectivity index (χ4n) is 1.90. The van der Waals surface area contributed by atoms with Crippen molar-refractivity contribution < 1.29 is 8.42 Å². The fourth-order valence-corrected chi connectivity index (χ4v) is 3.45. The molecular formula is C13H22ClN3O2S. The molecule has 0 saturated heterocycles. The standard InChI is InChI=1S/C13H22ClN3O2S/c1-5-9(2)6-10(3)17-20(18,19)11-7-12(14)13(15-4)16-8-11/h7-10,17H,5-6H2,1-4H3,(H,15,16). The Morgan fingerprint density at radius 1 is 1.40 bits per heavy atom. The number of sulfonamides is 1. The summed E-state index contributed by atoms with van der Waals surface area (Å²) < 4.78 is 27.1. The molecule has 1 heterocycles. The van der Waals surface area contributed by atoms with Crippen LogP contribution in [0, 0.1) is 5.92 Å². The minimum atomic E-state index is -3.59. The van der Waals surface area contributed by atoms with E-state index < -0.39 is 10.0 Å². The molecule has 20 heavy (non-hydrogen) atoms. The minimum Gasteiger partial charge on any atom is -0.372 e. The van der Waals surface area contributed by atoms with E-state index in [0.29, 0.717) is 11.7 Å². The summed E-state index contributed by atoms with van der Waals surface area (Å²) in [5.41, 5.74) is 0. The van der Waals surface area contributed by atoms with Crippen LogP contribution in [0.25, 0.3) is 0 Å². The molecule has 0 radical (unpaired) electrons. The van der Waals surface area contributed by atoms with E-state index in [-0.39, 0.29) is 16.0 Å². The van der Waals surface area contributed by atoms with E-state index in [9.17, 15) is 8.42 Å². The zero-order valence-corrected chi connectivity index (χ0v) is 13.8. The summed E-state index contributed by atoms with van der Waals surface area (Å²) in [6.45, 7) is 6.05. The number of nitrogens with zero attached hydrogens (tertiary/aromatic N) is 1. The molecule has 0 aliphatic rings. The van der Waals surface area contributed by atoms with Gasteiger partial charge in [-0.15, -0.1) is 0 Å². The minimum absolute atomic E-state index is 0.0810. The molecule has 5 nitrogen and oxygen atoms in total. The highest BCUT2D eigenvalue weighted by atomic mass is 35.5. The summed E-state index contributed by atoms with van der Waals surface area (Å²) in [6, 6.07) is 1.27. The molecular weight excluding hydrogens is 298 g/mol. The molecule has 2 unspecified atom stereocenters. The van der Waals surface area contributed by atoms with Crippen molar-refractivity contribution in [2.75, 3.05) is 12.4 Å². The maximum Gasteiger partial charge on any atom is 0.242 e. The molecule has 0 amide bonds. The third-order valence-corrected chi connectivity index (χ3v) is 5.02. The Hall–Kier alpha value is -0.850. The first-order valence-corrected chi connectivity index (χ1v) is 8.51. The lowest BCUT2D eigenvalue weighted by atomic mass is 10.0. The second kappa shape index (κ2) is 7.24. The van der Waals surface area contributed by atoms with Crippen LogP contribution in [0.5, 0.6) is 0 Å². The first kappa shape index (κ1) is 17.2. The van der Waals surface area contributed by atoms with E-state index in [1.54, 1.807) is 7.05 Å². The van der Waals surface area contributed by atoms with E-state index in [2.05, 4.69) is 28.9 Å². The molecule has 2 N–H and O–H groups in total. The quantitative estimate of drug-likeness (QED) is 0.810. The first-order chi connectivity index (χ1) is 9.30. The van der Waals surface area contributed by atoms with Gasteiger partial charge in [0.15, 0.2) is 0 Å². The van der Waals surface area contributed by atoms with Gasteiger partial charge < -0.3 is 5.32 Å². The number of pyridine rings is 1. The van der Waals surface area contributed by atoms with Gasteiger partial charge in [0, 0.05) is 19.3 Å². The first-order valence-electron chi connectivity index (χ1n) is 6.65. The topological polar surface area (TPSA) is 71.1 Å². The van der Waals surface area contributed by atoms with Gasteiger partial charge in [0.1, 0.15) is 10.7 Å². The Labute approximate surface area is 126 Å². The SMILES string of the molecule is CCC(C)CC(C)NS(=O)(=O)c1cnc(NC)c(Cl)c1. The highest BCUT2D eigenvalue weighted by Gasteiger charge is 2.20. The van der Waals surface area contributed by atoms with Crippen LogP contribution in [0.2, 0.25) is 5.02 Å². The fraction of sp³-hybridized carbons (Fsp3) is 0.615. The Bertz CT molecular complexity index is 549. The lowest BCUT2D eigenvalue weighted by Crippen LogP contribution is -2.33. The van der Waals surface area contributed by atoms with Crippen LogP contribution in [0.4, 0.5) is 5.82 Å². The molecule has 1 aromatic heterocycles. The van der Waals surface area contributed by atoms with Crippen molar-refractivity contribution in [1.82, 2.24) is 9.71 Å². The number of nitrogens with one attached hydrogen (secondary N) is 2. The van der Waals surface area contributed by atoms with Crippen LogP contribution in [0.15, 0.2) is 17.2 Å². The van der Waals surface area contributed by atoms with Gasteiger partial charge in [-0.3, -0.25) is 0 Å². The van der Waals surface area contributed by atoms with Gasteiger partial charge in [-0.1, -0.05) is 31.9 Å². The van der Waals surface area contributed by atoms with Crippen molar-refractivity contribution in [2.45, 2.75) is 44.6 Å². The Balaban J connectivity index is 2.86. The van der Waals surface area contributed by atoms with Gasteiger partial charge in [0.05, 0.1) is 5.02 Å². The number of hydrogen-bond acceptors (Lipinski definition) is 4. The third-order valence-electron chi connectivity index (χ3n) is 3.17. The average molecular weight is 320 g/mol. The van der Waals surface area contributed by atoms with Gasteiger partial charge in [-0.05, 0) is 25.3 Å². The molecule has 0 bridgehead atoms. The van der Waals surface area contributed by atoms with Crippen LogP contribution < -0.4 is 10.0 Å². The van der Waals surface area contributed by atoms with Crippen LogP contribution in [-0.4, -0.2) is 26.5 Å². The Morgan fingerprint density at radius 3 is 2.55 bits per heavy atom. The number of anilines is 1. The molecule has 1 aromatic rings. The Kier molecular flexibility index (Phi) is 6.23. The molecule has 0 spiro atoms. The highest BCUT2D eigenvalue weighted by molar-refractivity contribution is 7.89. The summed E-state index contributed by atoms with van der Waals surface area (Å²) in [5.74, 6) is 0.930. The summed E-state index contributed by atoms with van der Waals surface area (Å²) in [5, 5.41) is 3.07. The summed E-state index contributed by atoms with van der Waals surface area (Å²) >= 11 is 5.96. The second-order valence-corrected chi connectivity index (χ2v) is 7.14. The lowest BCUT2D eigenvalue weighted by molar-refractivity contribution is 0.445. The van der Waals surface area contributed by atoms with Gasteiger partial charge in [-0.2, -0.15) is 0 Å². The van der Waals surface area contributed by atoms with Crippen LogP contribution in [0.3, 0.4) is 0 Å². The summed E-state index contributed by atoms with van der Waals surface area (Å²) in [6.07, 6.45) is 3.12. The van der Waals surface area contributed by atoms with Crippen molar-refractivity contribution in [2.24, 2.45) is 5.92 Å². The molecule has 0 aliphatic carbocycles. The van der Waals surface area contributed by atoms with Crippen LogP contribution >= 0.6 is 11.6 Å². The number of aromatic nitrogens is 1. The summed E-state index contributed by atoms with van der Waals surface area (Å²) in [4.78, 5) is 4.07. The van der Waals surface area contributed by atoms with E-state index in [0.717, 1.165) is 12.8 Å². The predicted molar refractivity (Wildman–Crippen MR) is 82.6 cm³/mol. The third kappa shape index (κ3) is 4.61. The normalized spacial score (nSPS) is 14.8. The average Bonchev–Trinajstić information content (AvgIpc) is 2.37. The maximum absolute atomic E-state index is 12.2. The number of hydrogen-bond donors (Lipinski definition) is 2. The van der Waals surface area contributed by atoms with Gasteiger partial charge >= 0.3 is 0 Å². The largest absolute Gasteiger partial charge is 0.372 e. The molecule has 0 saturated carbocycles. The second-order valence-electron chi connectivity index (χ2n) is 5.02. The molecule has 114 valence electrons. The highest BCUT2D eigenvalue weighted by Crippen LogP contribution is 2.22. The molecule has 1 rings (SSSR count). The Morgan fingerprint density at radius 2 is 2.05 bits per heavy atom. The van der Waals surface area contributed by atoms with Gasteiger partial charge in [0.2, 0.25) is 10.0 Å². The molecule has 0 fully saturated rings. The molecule has 2 atom stereocenters. The lowest BCUT2D eigenvalue weighted by Gasteiger charge is -2.17. The van der Waals surface area contributed by atoms with Crippen LogP contribution in [0.1, 0.15) is 33.6 Å². The molecule has 7 heteroatoms. The molecule has 0 aromatic carbocycles. The predicted octanol–water partition coefficient (Wildman–Crippen LogP) is 2.88. The van der Waals surface area contributed by atoms with E-state index in [1.165, 1.54) is 12.3 Å². The summed E-state index contributed by atoms with van der Waals surface area (Å²) in [7, 11) is -1.91. The zero-order chi connectivity index (χ0) is 15.3. The van der Waals surface area contributed by atoms with Crippen molar-refractivity contribution in [3.63, 3.8) is 0 Å². The monoisotopic (exact) mass is 319 g/mol. The number of rotatable bonds is 7. The number of halogens is 1. The van der Waals surface area contributed by atoms with Crippen molar-refractivity contribution in [3.05, 3.63) is 17.3 Å². The zero-order valence-electron chi connectivity index (χ0n) is 12.3. The van der Waals surface area contributed by atoms with Crippen molar-refractivity contribution >= 4 is 27.4 Å². The van der Waals surface area contributed by atoms with Gasteiger partial charge in [0.25, 0.3) is 0 Å². The van der Waals surface area contributed by atoms with E-state index >= 15 is 0 Å². The smallest absolute Gasteiger partial charge is 0.242 e. The van der Waals surface area contributed by atoms with Crippen molar-refractivity contribution in [1.29, 1.82) is 0 Å². The van der Waals surface area contributed by atoms with Gasteiger partial charge in [-0.25, -0.2) is 18.1 Å².